The Hall–Kier alpha value is -2.87. The SMILES string of the molecule is CN=CC(=CN)c1cnc2ccc(Nc3nncs3)nc2c1. The van der Waals surface area contributed by atoms with Gasteiger partial charge in [0, 0.05) is 36.8 Å². The zero-order chi connectivity index (χ0) is 15.4. The van der Waals surface area contributed by atoms with Gasteiger partial charge in [-0.3, -0.25) is 9.98 Å². The van der Waals surface area contributed by atoms with Gasteiger partial charge >= 0.3 is 0 Å². The molecule has 0 atom stereocenters. The maximum Gasteiger partial charge on any atom is 0.210 e. The van der Waals surface area contributed by atoms with E-state index in [4.69, 9.17) is 5.73 Å². The van der Waals surface area contributed by atoms with Crippen molar-refractivity contribution in [3.05, 3.63) is 41.7 Å². The summed E-state index contributed by atoms with van der Waals surface area (Å²) >= 11 is 1.41. The molecule has 22 heavy (non-hydrogen) atoms. The van der Waals surface area contributed by atoms with Crippen molar-refractivity contribution in [2.45, 2.75) is 0 Å². The largest absolute Gasteiger partial charge is 0.404 e. The van der Waals surface area contributed by atoms with Gasteiger partial charge < -0.3 is 11.1 Å². The third kappa shape index (κ3) is 2.91. The van der Waals surface area contributed by atoms with Crippen molar-refractivity contribution >= 4 is 45.1 Å². The van der Waals surface area contributed by atoms with E-state index in [9.17, 15) is 0 Å². The highest BCUT2D eigenvalue weighted by Gasteiger charge is 2.05. The third-order valence-corrected chi connectivity index (χ3v) is 3.52. The van der Waals surface area contributed by atoms with E-state index >= 15 is 0 Å². The Morgan fingerprint density at radius 1 is 1.36 bits per heavy atom. The van der Waals surface area contributed by atoms with Gasteiger partial charge in [-0.05, 0) is 18.2 Å². The average Bonchev–Trinajstić information content (AvgIpc) is 3.05. The normalized spacial score (nSPS) is 12.1. The first-order chi connectivity index (χ1) is 10.8. The minimum atomic E-state index is 0.686. The second kappa shape index (κ2) is 6.27. The van der Waals surface area contributed by atoms with Crippen LogP contribution in [0.4, 0.5) is 10.9 Å². The molecule has 3 aromatic heterocycles. The van der Waals surface area contributed by atoms with Gasteiger partial charge in [0.25, 0.3) is 0 Å². The Labute approximate surface area is 130 Å². The minimum absolute atomic E-state index is 0.686. The van der Waals surface area contributed by atoms with Crippen molar-refractivity contribution in [2.75, 3.05) is 12.4 Å². The summed E-state index contributed by atoms with van der Waals surface area (Å²) in [6.07, 6.45) is 4.94. The summed E-state index contributed by atoms with van der Waals surface area (Å²) in [5, 5.41) is 11.5. The maximum absolute atomic E-state index is 5.63. The van der Waals surface area contributed by atoms with Crippen LogP contribution in [0.3, 0.4) is 0 Å². The topological polar surface area (TPSA) is 102 Å². The summed E-state index contributed by atoms with van der Waals surface area (Å²) in [7, 11) is 1.69. The molecular formula is C14H13N7S. The number of pyridine rings is 2. The van der Waals surface area contributed by atoms with E-state index in [-0.39, 0.29) is 0 Å². The summed E-state index contributed by atoms with van der Waals surface area (Å²) in [5.41, 5.74) is 10.5. The van der Waals surface area contributed by atoms with Crippen molar-refractivity contribution in [3.8, 4) is 0 Å². The number of hydrogen-bond donors (Lipinski definition) is 2. The molecule has 0 saturated carbocycles. The van der Waals surface area contributed by atoms with E-state index in [2.05, 4.69) is 30.5 Å². The van der Waals surface area contributed by atoms with Crippen molar-refractivity contribution in [1.82, 2.24) is 20.2 Å². The first kappa shape index (κ1) is 14.1. The summed E-state index contributed by atoms with van der Waals surface area (Å²) in [6, 6.07) is 5.67. The molecule has 110 valence electrons. The van der Waals surface area contributed by atoms with E-state index in [1.165, 1.54) is 17.5 Å². The highest BCUT2D eigenvalue weighted by atomic mass is 32.1. The van der Waals surface area contributed by atoms with Crippen LogP contribution in [-0.4, -0.2) is 33.4 Å². The van der Waals surface area contributed by atoms with Gasteiger partial charge in [0.05, 0.1) is 11.0 Å². The molecule has 0 aliphatic heterocycles. The molecule has 7 nitrogen and oxygen atoms in total. The molecular weight excluding hydrogens is 298 g/mol. The highest BCUT2D eigenvalue weighted by Crippen LogP contribution is 2.21. The van der Waals surface area contributed by atoms with Crippen LogP contribution >= 0.6 is 11.3 Å². The minimum Gasteiger partial charge on any atom is -0.404 e. The van der Waals surface area contributed by atoms with Gasteiger partial charge in [-0.1, -0.05) is 11.3 Å². The molecule has 0 radical (unpaired) electrons. The molecule has 3 heterocycles. The Morgan fingerprint density at radius 2 is 2.27 bits per heavy atom. The first-order valence-electron chi connectivity index (χ1n) is 6.44. The second-order valence-electron chi connectivity index (χ2n) is 4.34. The van der Waals surface area contributed by atoms with E-state index in [1.807, 2.05) is 18.2 Å². The van der Waals surface area contributed by atoms with Gasteiger partial charge in [0.2, 0.25) is 5.13 Å². The predicted molar refractivity (Wildman–Crippen MR) is 89.3 cm³/mol. The summed E-state index contributed by atoms with van der Waals surface area (Å²) in [4.78, 5) is 12.9. The van der Waals surface area contributed by atoms with Gasteiger partial charge in [0.1, 0.15) is 11.3 Å². The lowest BCUT2D eigenvalue weighted by Gasteiger charge is -2.05. The number of anilines is 2. The van der Waals surface area contributed by atoms with Crippen LogP contribution < -0.4 is 11.1 Å². The number of nitrogens with two attached hydrogens (primary N) is 1. The van der Waals surface area contributed by atoms with Gasteiger partial charge in [-0.15, -0.1) is 10.2 Å². The molecule has 3 N–H and O–H groups in total. The number of aromatic nitrogens is 4. The molecule has 0 saturated heterocycles. The summed E-state index contributed by atoms with van der Waals surface area (Å²) < 4.78 is 0. The summed E-state index contributed by atoms with van der Waals surface area (Å²) in [6.45, 7) is 0. The molecule has 0 bridgehead atoms. The van der Waals surface area contributed by atoms with Crippen molar-refractivity contribution in [2.24, 2.45) is 10.7 Å². The number of allylic oxidation sites excluding steroid dienone is 1. The molecule has 3 rings (SSSR count). The van der Waals surface area contributed by atoms with E-state index in [1.54, 1.807) is 25.0 Å². The zero-order valence-corrected chi connectivity index (χ0v) is 12.6. The van der Waals surface area contributed by atoms with Crippen LogP contribution in [0.25, 0.3) is 16.6 Å². The van der Waals surface area contributed by atoms with E-state index in [0.717, 1.165) is 22.2 Å². The Morgan fingerprint density at radius 3 is 3.00 bits per heavy atom. The standard InChI is InChI=1S/C14H13N7S/c1-16-6-10(5-15)9-4-12-11(17-7-9)2-3-13(19-12)20-14-21-18-8-22-14/h2-8H,15H2,1H3,(H,19,20,21). The molecule has 0 amide bonds. The van der Waals surface area contributed by atoms with Gasteiger partial charge in [-0.25, -0.2) is 4.98 Å². The van der Waals surface area contributed by atoms with Gasteiger partial charge in [0.15, 0.2) is 0 Å². The number of nitrogens with zero attached hydrogens (tertiary/aromatic N) is 5. The quantitative estimate of drug-likeness (QED) is 0.716. The fourth-order valence-electron chi connectivity index (χ4n) is 1.92. The molecule has 0 unspecified atom stereocenters. The molecule has 0 spiro atoms. The van der Waals surface area contributed by atoms with Crippen LogP contribution in [0.5, 0.6) is 0 Å². The first-order valence-corrected chi connectivity index (χ1v) is 7.32. The lowest BCUT2D eigenvalue weighted by Crippen LogP contribution is -1.96. The van der Waals surface area contributed by atoms with E-state index < -0.39 is 0 Å². The fourth-order valence-corrected chi connectivity index (χ4v) is 2.38. The third-order valence-electron chi connectivity index (χ3n) is 2.91. The lowest BCUT2D eigenvalue weighted by atomic mass is 10.1. The Balaban J connectivity index is 1.99. The molecule has 8 heteroatoms. The van der Waals surface area contributed by atoms with Crippen LogP contribution in [0, 0.1) is 0 Å². The number of nitrogens with one attached hydrogen (secondary N) is 1. The number of rotatable bonds is 4. The molecule has 0 aliphatic rings. The Kier molecular flexibility index (Phi) is 4.01. The summed E-state index contributed by atoms with van der Waals surface area (Å²) in [5.74, 6) is 0.686. The molecule has 0 aliphatic carbocycles. The zero-order valence-electron chi connectivity index (χ0n) is 11.8. The number of aliphatic imine (C=N–C) groups is 1. The monoisotopic (exact) mass is 311 g/mol. The van der Waals surface area contributed by atoms with Crippen molar-refractivity contribution in [3.63, 3.8) is 0 Å². The number of fused-ring (bicyclic) bond motifs is 1. The fraction of sp³-hybridized carbons (Fsp3) is 0.0714. The lowest BCUT2D eigenvalue weighted by molar-refractivity contribution is 1.09. The van der Waals surface area contributed by atoms with Crippen molar-refractivity contribution < 1.29 is 0 Å². The Bertz CT molecular complexity index is 840. The van der Waals surface area contributed by atoms with Crippen LogP contribution in [0.15, 0.2) is 41.1 Å². The average molecular weight is 311 g/mol. The molecule has 0 aromatic carbocycles. The number of hydrogen-bond acceptors (Lipinski definition) is 8. The smallest absolute Gasteiger partial charge is 0.210 e. The molecule has 3 aromatic rings. The van der Waals surface area contributed by atoms with Crippen LogP contribution in [0.2, 0.25) is 0 Å². The van der Waals surface area contributed by atoms with Crippen LogP contribution in [-0.2, 0) is 0 Å². The van der Waals surface area contributed by atoms with Crippen LogP contribution in [0.1, 0.15) is 5.56 Å². The maximum atomic E-state index is 5.63. The van der Waals surface area contributed by atoms with Gasteiger partial charge in [-0.2, -0.15) is 0 Å². The van der Waals surface area contributed by atoms with Crippen molar-refractivity contribution in [1.29, 1.82) is 0 Å². The second-order valence-corrected chi connectivity index (χ2v) is 5.17. The predicted octanol–water partition coefficient (Wildman–Crippen LogP) is 2.23. The highest BCUT2D eigenvalue weighted by molar-refractivity contribution is 7.13. The molecule has 0 fully saturated rings. The van der Waals surface area contributed by atoms with E-state index in [0.29, 0.717) is 10.9 Å².